The molecular weight excluding hydrogens is 651 g/mol. The van der Waals surface area contributed by atoms with Gasteiger partial charge in [-0.3, -0.25) is 4.79 Å². The van der Waals surface area contributed by atoms with Crippen LogP contribution >= 0.6 is 0 Å². The molecule has 0 radical (unpaired) electrons. The van der Waals surface area contributed by atoms with Crippen molar-refractivity contribution in [1.82, 2.24) is 20.2 Å². The Morgan fingerprint density at radius 2 is 1.65 bits per heavy atom. The maximum atomic E-state index is 13.8. The molecule has 11 heteroatoms. The number of amides is 1. The van der Waals surface area contributed by atoms with Crippen molar-refractivity contribution in [2.75, 3.05) is 25.0 Å². The zero-order valence-electron chi connectivity index (χ0n) is 33.3. The topological polar surface area (TPSA) is 109 Å². The summed E-state index contributed by atoms with van der Waals surface area (Å²) >= 11 is 0. The maximum Gasteiger partial charge on any atom is 0.421 e. The summed E-state index contributed by atoms with van der Waals surface area (Å²) in [5.74, 6) is 1.05. The van der Waals surface area contributed by atoms with Crippen LogP contribution in [0, 0.1) is 17.8 Å². The predicted molar refractivity (Wildman–Crippen MR) is 208 cm³/mol. The molecule has 1 aliphatic heterocycles. The minimum atomic E-state index is -4.63. The van der Waals surface area contributed by atoms with Gasteiger partial charge in [-0.25, -0.2) is 4.98 Å². The second-order valence-electron chi connectivity index (χ2n) is 14.3. The van der Waals surface area contributed by atoms with Crippen LogP contribution in [0.15, 0.2) is 23.0 Å². The quantitative estimate of drug-likeness (QED) is 0.0913. The van der Waals surface area contributed by atoms with Crippen molar-refractivity contribution in [2.45, 2.75) is 170 Å². The third-order valence-electron chi connectivity index (χ3n) is 9.29. The first-order valence-electron chi connectivity index (χ1n) is 20.2. The number of carbonyl (C=O) groups excluding carboxylic acids is 1. The number of nitrogens with two attached hydrogens (primary N) is 1. The molecule has 8 nitrogen and oxygen atoms in total. The van der Waals surface area contributed by atoms with Gasteiger partial charge in [0.1, 0.15) is 17.2 Å². The standard InChI is InChI=1S/C29H46F3N7O.C9H20.C2H6/c1-4-6-11-22(10-5-2)34-17-23(21-13-14-21)26(33)37-28-36-18-24(29(30,31)32)27(38-28)35-16-20(3)19-39-15-9-7-8-12-25(39)40;1-4-6-8-9(3)7-5-2;1-2/h17-18,20-22,34H,4-16,19H2,1-3H3,(H3,33,35,36,37,38);9H,4-8H2,1-3H3;1-2H3/b23-17-;;. The number of unbranched alkanes of at least 4 members (excludes halogenated alkanes) is 2. The third-order valence-corrected chi connectivity index (χ3v) is 9.29. The van der Waals surface area contributed by atoms with Gasteiger partial charge in [-0.1, -0.05) is 113 Å². The van der Waals surface area contributed by atoms with Crippen LogP contribution in [0.25, 0.3) is 0 Å². The highest BCUT2D eigenvalue weighted by Gasteiger charge is 2.36. The molecule has 1 aromatic rings. The van der Waals surface area contributed by atoms with Gasteiger partial charge in [-0.05, 0) is 56.3 Å². The van der Waals surface area contributed by atoms with E-state index in [2.05, 4.69) is 60.2 Å². The molecule has 1 saturated carbocycles. The van der Waals surface area contributed by atoms with Crippen molar-refractivity contribution in [2.24, 2.45) is 28.5 Å². The highest BCUT2D eigenvalue weighted by molar-refractivity contribution is 5.99. The first-order chi connectivity index (χ1) is 24.4. The molecule has 1 saturated heterocycles. The molecule has 3 rings (SSSR count). The van der Waals surface area contributed by atoms with Crippen molar-refractivity contribution >= 4 is 23.5 Å². The molecule has 1 aliphatic carbocycles. The van der Waals surface area contributed by atoms with Gasteiger partial charge in [0.25, 0.3) is 5.95 Å². The van der Waals surface area contributed by atoms with Gasteiger partial charge in [0.2, 0.25) is 5.91 Å². The summed E-state index contributed by atoms with van der Waals surface area (Å²) < 4.78 is 41.3. The molecule has 0 bridgehead atoms. The average molecular weight is 724 g/mol. The normalized spacial score (nSPS) is 17.3. The van der Waals surface area contributed by atoms with Crippen molar-refractivity contribution < 1.29 is 18.0 Å². The number of anilines is 1. The smallest absolute Gasteiger partial charge is 0.388 e. The summed E-state index contributed by atoms with van der Waals surface area (Å²) in [6.45, 7) is 18.5. The van der Waals surface area contributed by atoms with E-state index in [4.69, 9.17) is 5.73 Å². The summed E-state index contributed by atoms with van der Waals surface area (Å²) in [6.07, 6.45) is 15.8. The van der Waals surface area contributed by atoms with E-state index in [-0.39, 0.29) is 41.9 Å². The van der Waals surface area contributed by atoms with Crippen molar-refractivity contribution in [3.05, 3.63) is 23.5 Å². The van der Waals surface area contributed by atoms with Gasteiger partial charge in [0.15, 0.2) is 0 Å². The first-order valence-corrected chi connectivity index (χ1v) is 20.2. The van der Waals surface area contributed by atoms with E-state index in [0.29, 0.717) is 25.6 Å². The molecule has 2 heterocycles. The number of rotatable bonds is 20. The highest BCUT2D eigenvalue weighted by atomic mass is 19.4. The Morgan fingerprint density at radius 3 is 2.25 bits per heavy atom. The molecule has 294 valence electrons. The number of hydrogen-bond donors (Lipinski definition) is 3. The Labute approximate surface area is 308 Å². The van der Waals surface area contributed by atoms with Crippen LogP contribution in [0.1, 0.15) is 164 Å². The SMILES string of the molecule is CC.CCCCC(C)CCC.CCCCC(CCC)N/C=C(\C(N)=N\c1ncc(C(F)(F)F)c(NCC(C)CN2CCCCCC2=O)n1)C1CC1. The molecule has 3 unspecified atom stereocenters. The van der Waals surface area contributed by atoms with Crippen LogP contribution in [-0.4, -0.2) is 52.3 Å². The molecule has 0 spiro atoms. The number of amidine groups is 1. The third kappa shape index (κ3) is 19.0. The van der Waals surface area contributed by atoms with Crippen LogP contribution in [0.3, 0.4) is 0 Å². The summed E-state index contributed by atoms with van der Waals surface area (Å²) in [5.41, 5.74) is 6.25. The Bertz CT molecular complexity index is 1150. The van der Waals surface area contributed by atoms with Crippen molar-refractivity contribution in [3.8, 4) is 0 Å². The van der Waals surface area contributed by atoms with Gasteiger partial charge in [0, 0.05) is 50.1 Å². The van der Waals surface area contributed by atoms with Crippen molar-refractivity contribution in [1.29, 1.82) is 0 Å². The van der Waals surface area contributed by atoms with Gasteiger partial charge in [-0.2, -0.15) is 23.1 Å². The van der Waals surface area contributed by atoms with Crippen LogP contribution in [0.5, 0.6) is 0 Å². The molecule has 1 amide bonds. The number of carbonyl (C=O) groups is 1. The van der Waals surface area contributed by atoms with Crippen LogP contribution < -0.4 is 16.4 Å². The number of aliphatic imine (C=N–C) groups is 1. The summed E-state index contributed by atoms with van der Waals surface area (Å²) in [5, 5.41) is 6.35. The number of alkyl halides is 3. The van der Waals surface area contributed by atoms with Crippen LogP contribution in [0.2, 0.25) is 0 Å². The minimum Gasteiger partial charge on any atom is -0.388 e. The summed E-state index contributed by atoms with van der Waals surface area (Å²) in [4.78, 5) is 26.5. The van der Waals surface area contributed by atoms with Crippen molar-refractivity contribution in [3.63, 3.8) is 0 Å². The van der Waals surface area contributed by atoms with E-state index in [1.54, 1.807) is 0 Å². The lowest BCUT2D eigenvalue weighted by molar-refractivity contribution is -0.137. The Hall–Kier alpha value is -2.85. The summed E-state index contributed by atoms with van der Waals surface area (Å²) in [6, 6.07) is 0.344. The molecular formula is C40H72F3N7O. The Kier molecular flexibility index (Phi) is 23.5. The Morgan fingerprint density at radius 1 is 0.980 bits per heavy atom. The highest BCUT2D eigenvalue weighted by Crippen LogP contribution is 2.37. The number of nitrogens with one attached hydrogen (secondary N) is 2. The van der Waals surface area contributed by atoms with E-state index in [1.165, 1.54) is 32.1 Å². The summed E-state index contributed by atoms with van der Waals surface area (Å²) in [7, 11) is 0. The number of aromatic nitrogens is 2. The zero-order valence-corrected chi connectivity index (χ0v) is 33.3. The van der Waals surface area contributed by atoms with E-state index in [0.717, 1.165) is 81.9 Å². The average Bonchev–Trinajstić information content (AvgIpc) is 3.96. The molecule has 2 aliphatic rings. The lowest BCUT2D eigenvalue weighted by Crippen LogP contribution is -2.36. The number of hydrogen-bond acceptors (Lipinski definition) is 6. The number of likely N-dealkylation sites (tertiary alicyclic amines) is 1. The fraction of sp³-hybridized carbons (Fsp3) is 0.800. The monoisotopic (exact) mass is 724 g/mol. The molecule has 2 fully saturated rings. The Balaban J connectivity index is 0.00000103. The van der Waals surface area contributed by atoms with E-state index < -0.39 is 11.7 Å². The number of nitrogens with zero attached hydrogens (tertiary/aromatic N) is 4. The van der Waals surface area contributed by atoms with Gasteiger partial charge >= 0.3 is 6.18 Å². The van der Waals surface area contributed by atoms with Gasteiger partial charge < -0.3 is 21.3 Å². The largest absolute Gasteiger partial charge is 0.421 e. The molecule has 1 aromatic heterocycles. The molecule has 4 N–H and O–H groups in total. The maximum absolute atomic E-state index is 13.8. The molecule has 51 heavy (non-hydrogen) atoms. The van der Waals surface area contributed by atoms with E-state index in [1.807, 2.05) is 31.9 Å². The van der Waals surface area contributed by atoms with Gasteiger partial charge in [-0.15, -0.1) is 0 Å². The lowest BCUT2D eigenvalue weighted by atomic mass is 10.00. The number of halogens is 3. The molecule has 0 aromatic carbocycles. The van der Waals surface area contributed by atoms with Crippen LogP contribution in [-0.2, 0) is 11.0 Å². The molecule has 3 atom stereocenters. The minimum absolute atomic E-state index is 0.0747. The van der Waals surface area contributed by atoms with Crippen LogP contribution in [0.4, 0.5) is 24.9 Å². The van der Waals surface area contributed by atoms with E-state index >= 15 is 0 Å². The lowest BCUT2D eigenvalue weighted by Gasteiger charge is -2.25. The second-order valence-corrected chi connectivity index (χ2v) is 14.3. The zero-order chi connectivity index (χ0) is 38.2. The fourth-order valence-corrected chi connectivity index (χ4v) is 6.19. The first kappa shape index (κ1) is 46.2. The predicted octanol–water partition coefficient (Wildman–Crippen LogP) is 10.8. The van der Waals surface area contributed by atoms with Gasteiger partial charge in [0.05, 0.1) is 0 Å². The van der Waals surface area contributed by atoms with E-state index in [9.17, 15) is 18.0 Å². The fourth-order valence-electron chi connectivity index (χ4n) is 6.19. The second kappa shape index (κ2) is 26.0.